The molecule has 4 N–H and O–H groups in total. The number of hydrogen-bond acceptors (Lipinski definition) is 6. The zero-order valence-corrected chi connectivity index (χ0v) is 22.9. The second-order valence-electron chi connectivity index (χ2n) is 9.65. The molecule has 0 spiro atoms. The smallest absolute Gasteiger partial charge is 0.271 e. The van der Waals surface area contributed by atoms with E-state index < -0.39 is 5.91 Å². The second kappa shape index (κ2) is 12.6. The lowest BCUT2D eigenvalue weighted by Gasteiger charge is -2.19. The van der Waals surface area contributed by atoms with Gasteiger partial charge in [0.1, 0.15) is 5.69 Å². The topological polar surface area (TPSA) is 122 Å². The van der Waals surface area contributed by atoms with Gasteiger partial charge < -0.3 is 25.8 Å². The molecule has 39 heavy (non-hydrogen) atoms. The number of amides is 3. The van der Waals surface area contributed by atoms with E-state index in [0.717, 1.165) is 24.2 Å². The van der Waals surface area contributed by atoms with Gasteiger partial charge >= 0.3 is 0 Å². The van der Waals surface area contributed by atoms with Gasteiger partial charge in [-0.1, -0.05) is 29.8 Å². The Kier molecular flexibility index (Phi) is 9.00. The highest BCUT2D eigenvalue weighted by atomic mass is 35.5. The van der Waals surface area contributed by atoms with Crippen molar-refractivity contribution in [2.45, 2.75) is 19.4 Å². The molecular formula is C28H32ClN7O3. The number of carbonyl (C=O) groups is 3. The largest absolute Gasteiger partial charge is 0.369 e. The number of rotatable bonds is 9. The summed E-state index contributed by atoms with van der Waals surface area (Å²) >= 11 is 6.21. The Morgan fingerprint density at radius 1 is 1.13 bits per heavy atom. The van der Waals surface area contributed by atoms with Gasteiger partial charge in [0.2, 0.25) is 5.91 Å². The zero-order valence-electron chi connectivity index (χ0n) is 22.1. The van der Waals surface area contributed by atoms with Crippen LogP contribution in [-0.2, 0) is 4.79 Å². The lowest BCUT2D eigenvalue weighted by Crippen LogP contribution is -2.37. The number of H-pyrrole nitrogens is 1. The Morgan fingerprint density at radius 3 is 2.62 bits per heavy atom. The molecule has 3 aromatic rings. The lowest BCUT2D eigenvalue weighted by molar-refractivity contribution is -0.111. The van der Waals surface area contributed by atoms with Crippen LogP contribution in [0.2, 0.25) is 5.02 Å². The fraction of sp³-hybridized carbons (Fsp3) is 0.286. The van der Waals surface area contributed by atoms with Crippen molar-refractivity contribution in [3.63, 3.8) is 0 Å². The van der Waals surface area contributed by atoms with E-state index in [1.807, 2.05) is 49.3 Å². The van der Waals surface area contributed by atoms with E-state index in [2.05, 4.69) is 31.0 Å². The molecule has 4 rings (SSSR count). The van der Waals surface area contributed by atoms with Crippen LogP contribution in [0.15, 0.2) is 60.8 Å². The number of hydrogen-bond donors (Lipinski definition) is 4. The number of halogens is 1. The summed E-state index contributed by atoms with van der Waals surface area (Å²) in [6.07, 6.45) is 5.49. The van der Waals surface area contributed by atoms with E-state index in [4.69, 9.17) is 11.6 Å². The van der Waals surface area contributed by atoms with Gasteiger partial charge in [-0.15, -0.1) is 0 Å². The summed E-state index contributed by atoms with van der Waals surface area (Å²) in [6, 6.07) is 12.7. The van der Waals surface area contributed by atoms with Gasteiger partial charge in [-0.3, -0.25) is 19.5 Å². The minimum atomic E-state index is -0.412. The normalized spacial score (nSPS) is 15.1. The first-order valence-corrected chi connectivity index (χ1v) is 13.0. The average molecular weight is 550 g/mol. The molecule has 1 fully saturated rings. The zero-order chi connectivity index (χ0) is 27.9. The molecule has 2 heterocycles. The summed E-state index contributed by atoms with van der Waals surface area (Å²) < 4.78 is 0. The molecule has 1 saturated heterocycles. The van der Waals surface area contributed by atoms with E-state index in [1.54, 1.807) is 25.1 Å². The SMILES string of the molecule is Cc1cccc(Cl)c1C(=O)Nc1cn[nH]c1C(=O)N[C@H]1CCN(c2ccc(NC(=O)/C=C/CN(C)C)cc2)C1. The first-order chi connectivity index (χ1) is 18.7. The van der Waals surface area contributed by atoms with E-state index in [1.165, 1.54) is 12.3 Å². The van der Waals surface area contributed by atoms with Crippen molar-refractivity contribution in [2.75, 3.05) is 49.3 Å². The van der Waals surface area contributed by atoms with Gasteiger partial charge in [-0.2, -0.15) is 5.10 Å². The molecule has 0 bridgehead atoms. The number of carbonyl (C=O) groups excluding carboxylic acids is 3. The van der Waals surface area contributed by atoms with Crippen molar-refractivity contribution in [2.24, 2.45) is 0 Å². The fourth-order valence-electron chi connectivity index (χ4n) is 4.34. The first kappa shape index (κ1) is 27.9. The van der Waals surface area contributed by atoms with Crippen molar-refractivity contribution in [3.8, 4) is 0 Å². The van der Waals surface area contributed by atoms with Crippen molar-refractivity contribution in [1.29, 1.82) is 0 Å². The number of nitrogens with one attached hydrogen (secondary N) is 4. The molecule has 204 valence electrons. The van der Waals surface area contributed by atoms with Crippen molar-refractivity contribution in [1.82, 2.24) is 20.4 Å². The summed E-state index contributed by atoms with van der Waals surface area (Å²) in [5.41, 5.74) is 3.24. The monoisotopic (exact) mass is 549 g/mol. The molecule has 11 heteroatoms. The van der Waals surface area contributed by atoms with Gasteiger partial charge in [0.05, 0.1) is 22.5 Å². The van der Waals surface area contributed by atoms with Crippen LogP contribution in [0.1, 0.15) is 32.8 Å². The number of aromatic amines is 1. The fourth-order valence-corrected chi connectivity index (χ4v) is 4.65. The van der Waals surface area contributed by atoms with Crippen molar-refractivity contribution in [3.05, 3.63) is 82.7 Å². The molecule has 2 aromatic carbocycles. The number of aryl methyl sites for hydroxylation is 1. The van der Waals surface area contributed by atoms with Gasteiger partial charge in [0, 0.05) is 43.1 Å². The Hall–Kier alpha value is -4.15. The third-order valence-corrected chi connectivity index (χ3v) is 6.64. The van der Waals surface area contributed by atoms with Crippen LogP contribution in [0.4, 0.5) is 17.1 Å². The number of nitrogens with zero attached hydrogens (tertiary/aromatic N) is 3. The molecule has 1 aliphatic rings. The minimum Gasteiger partial charge on any atom is -0.369 e. The summed E-state index contributed by atoms with van der Waals surface area (Å²) in [5, 5.41) is 15.6. The number of aromatic nitrogens is 2. The summed E-state index contributed by atoms with van der Waals surface area (Å²) in [5.74, 6) is -0.944. The average Bonchev–Trinajstić information content (AvgIpc) is 3.54. The Bertz CT molecular complexity index is 1350. The van der Waals surface area contributed by atoms with Gasteiger partial charge in [0.15, 0.2) is 0 Å². The third-order valence-electron chi connectivity index (χ3n) is 6.33. The van der Waals surface area contributed by atoms with Gasteiger partial charge in [-0.25, -0.2) is 0 Å². The van der Waals surface area contributed by atoms with Crippen LogP contribution < -0.4 is 20.9 Å². The number of anilines is 3. The van der Waals surface area contributed by atoms with Gasteiger partial charge in [0.25, 0.3) is 11.8 Å². The van der Waals surface area contributed by atoms with E-state index >= 15 is 0 Å². The Balaban J connectivity index is 1.31. The van der Waals surface area contributed by atoms with E-state index in [0.29, 0.717) is 29.4 Å². The van der Waals surface area contributed by atoms with Crippen LogP contribution in [0.5, 0.6) is 0 Å². The van der Waals surface area contributed by atoms with E-state index in [9.17, 15) is 14.4 Å². The molecule has 0 radical (unpaired) electrons. The molecule has 0 aliphatic carbocycles. The van der Waals surface area contributed by atoms with E-state index in [-0.39, 0.29) is 29.2 Å². The standard InChI is InChI=1S/C28H32ClN7O3/c1-18-6-4-7-22(29)25(18)27(38)33-23-16-30-34-26(23)28(39)32-20-13-15-36(17-20)21-11-9-19(10-12-21)31-24(37)8-5-14-35(2)3/h4-12,16,20H,13-15,17H2,1-3H3,(H,30,34)(H,31,37)(H,32,39)(H,33,38)/b8-5+/t20-/m0/s1. The molecule has 0 unspecified atom stereocenters. The number of benzene rings is 2. The Morgan fingerprint density at radius 2 is 1.90 bits per heavy atom. The molecular weight excluding hydrogens is 518 g/mol. The highest BCUT2D eigenvalue weighted by molar-refractivity contribution is 6.34. The maximum absolute atomic E-state index is 13.0. The summed E-state index contributed by atoms with van der Waals surface area (Å²) in [7, 11) is 3.88. The van der Waals surface area contributed by atoms with Gasteiger partial charge in [-0.05, 0) is 63.3 Å². The van der Waals surface area contributed by atoms with Crippen LogP contribution in [0.3, 0.4) is 0 Å². The van der Waals surface area contributed by atoms with Crippen molar-refractivity contribution < 1.29 is 14.4 Å². The first-order valence-electron chi connectivity index (χ1n) is 12.6. The molecule has 0 saturated carbocycles. The third kappa shape index (κ3) is 7.24. The predicted octanol–water partition coefficient (Wildman–Crippen LogP) is 3.69. The predicted molar refractivity (Wildman–Crippen MR) is 154 cm³/mol. The highest BCUT2D eigenvalue weighted by Crippen LogP contribution is 2.24. The molecule has 1 atom stereocenters. The lowest BCUT2D eigenvalue weighted by atomic mass is 10.1. The summed E-state index contributed by atoms with van der Waals surface area (Å²) in [4.78, 5) is 42.0. The highest BCUT2D eigenvalue weighted by Gasteiger charge is 2.26. The second-order valence-corrected chi connectivity index (χ2v) is 10.1. The summed E-state index contributed by atoms with van der Waals surface area (Å²) in [6.45, 7) is 3.88. The number of likely N-dealkylation sites (N-methyl/N-ethyl adjacent to an activating group) is 1. The van der Waals surface area contributed by atoms with Crippen LogP contribution >= 0.6 is 11.6 Å². The molecule has 3 amide bonds. The molecule has 1 aliphatic heterocycles. The maximum atomic E-state index is 13.0. The maximum Gasteiger partial charge on any atom is 0.271 e. The van der Waals surface area contributed by atoms with Crippen LogP contribution in [0, 0.1) is 6.92 Å². The Labute approximate surface area is 232 Å². The van der Waals surface area contributed by atoms with Crippen LogP contribution in [-0.4, -0.2) is 72.6 Å². The van der Waals surface area contributed by atoms with Crippen LogP contribution in [0.25, 0.3) is 0 Å². The molecule has 10 nitrogen and oxygen atoms in total. The quantitative estimate of drug-likeness (QED) is 0.302. The minimum absolute atomic E-state index is 0.0867. The van der Waals surface area contributed by atoms with Crippen molar-refractivity contribution >= 4 is 46.4 Å². The molecule has 1 aromatic heterocycles.